The predicted octanol–water partition coefficient (Wildman–Crippen LogP) is 3.37. The number of carbonyl (C=O) groups is 2. The number of nitrogens with zero attached hydrogens (tertiary/aromatic N) is 2. The first-order valence-corrected chi connectivity index (χ1v) is 10.9. The Morgan fingerprint density at radius 3 is 2.58 bits per heavy atom. The fourth-order valence-electron chi connectivity index (χ4n) is 3.60. The molecule has 0 unspecified atom stereocenters. The lowest BCUT2D eigenvalue weighted by Crippen LogP contribution is -2.35. The normalized spacial score (nSPS) is 14.9. The van der Waals surface area contributed by atoms with Gasteiger partial charge in [-0.05, 0) is 30.5 Å². The molecule has 0 bridgehead atoms. The van der Waals surface area contributed by atoms with Gasteiger partial charge in [0.05, 0.1) is 13.2 Å². The molecule has 1 aromatic carbocycles. The van der Waals surface area contributed by atoms with Gasteiger partial charge in [0.15, 0.2) is 0 Å². The van der Waals surface area contributed by atoms with Gasteiger partial charge in [-0.25, -0.2) is 0 Å². The van der Waals surface area contributed by atoms with Gasteiger partial charge in [-0.15, -0.1) is 0 Å². The average molecular weight is 429 g/mol. The zero-order valence-corrected chi connectivity index (χ0v) is 18.3. The monoisotopic (exact) mass is 428 g/mol. The van der Waals surface area contributed by atoms with Gasteiger partial charge in [-0.1, -0.05) is 30.3 Å². The Balaban J connectivity index is 1.33. The van der Waals surface area contributed by atoms with E-state index in [0.29, 0.717) is 31.9 Å². The maximum Gasteiger partial charge on any atom is 0.303 e. The van der Waals surface area contributed by atoms with Gasteiger partial charge >= 0.3 is 5.97 Å². The van der Waals surface area contributed by atoms with E-state index in [4.69, 9.17) is 13.9 Å². The highest BCUT2D eigenvalue weighted by Gasteiger charge is 2.19. The molecule has 168 valence electrons. The molecule has 3 rings (SSSR count). The van der Waals surface area contributed by atoms with Gasteiger partial charge in [0, 0.05) is 46.1 Å². The van der Waals surface area contributed by atoms with Crippen molar-refractivity contribution in [2.24, 2.45) is 0 Å². The number of ether oxygens (including phenoxy) is 2. The Labute approximate surface area is 183 Å². The predicted molar refractivity (Wildman–Crippen MR) is 116 cm³/mol. The van der Waals surface area contributed by atoms with Crippen LogP contribution in [-0.2, 0) is 38.8 Å². The molecular weight excluding hydrogens is 396 g/mol. The molecule has 1 saturated heterocycles. The second-order valence-electron chi connectivity index (χ2n) is 7.80. The SMILES string of the molecule is CC(=O)OCc1ccc(CN2CCCN(C(=O)CCCOCc3ccccc3)CC2)o1. The zero-order chi connectivity index (χ0) is 21.9. The molecule has 2 aromatic rings. The van der Waals surface area contributed by atoms with Crippen LogP contribution in [0.2, 0.25) is 0 Å². The fraction of sp³-hybridized carbons (Fsp3) is 0.500. The summed E-state index contributed by atoms with van der Waals surface area (Å²) >= 11 is 0. The molecular formula is C24H32N2O5. The van der Waals surface area contributed by atoms with Crippen LogP contribution in [-0.4, -0.2) is 54.5 Å². The van der Waals surface area contributed by atoms with Crippen molar-refractivity contribution in [3.05, 3.63) is 59.5 Å². The van der Waals surface area contributed by atoms with E-state index in [0.717, 1.165) is 50.3 Å². The van der Waals surface area contributed by atoms with Gasteiger partial charge in [0.25, 0.3) is 0 Å². The summed E-state index contributed by atoms with van der Waals surface area (Å²) in [7, 11) is 0. The molecule has 0 aliphatic carbocycles. The lowest BCUT2D eigenvalue weighted by Gasteiger charge is -2.21. The molecule has 0 spiro atoms. The zero-order valence-electron chi connectivity index (χ0n) is 18.3. The largest absolute Gasteiger partial charge is 0.461 e. The van der Waals surface area contributed by atoms with E-state index < -0.39 is 0 Å². The molecule has 0 N–H and O–H groups in total. The second-order valence-corrected chi connectivity index (χ2v) is 7.80. The minimum Gasteiger partial charge on any atom is -0.461 e. The lowest BCUT2D eigenvalue weighted by molar-refractivity contribution is -0.142. The number of amides is 1. The van der Waals surface area contributed by atoms with Crippen LogP contribution in [0.25, 0.3) is 0 Å². The van der Waals surface area contributed by atoms with Crippen molar-refractivity contribution < 1.29 is 23.5 Å². The first kappa shape index (κ1) is 23.0. The minimum atomic E-state index is -0.321. The van der Waals surface area contributed by atoms with Crippen LogP contribution in [0.4, 0.5) is 0 Å². The third kappa shape index (κ3) is 8.19. The van der Waals surface area contributed by atoms with Gasteiger partial charge < -0.3 is 18.8 Å². The standard InChI is InChI=1S/C24H32N2O5/c1-20(27)30-19-23-11-10-22(31-23)17-25-12-6-13-26(15-14-25)24(28)9-5-16-29-18-21-7-3-2-4-8-21/h2-4,7-8,10-11H,5-6,9,12-19H2,1H3. The van der Waals surface area contributed by atoms with E-state index in [1.54, 1.807) is 0 Å². The molecule has 1 aliphatic heterocycles. The number of esters is 1. The molecule has 0 atom stereocenters. The number of rotatable bonds is 10. The Hall–Kier alpha value is -2.64. The van der Waals surface area contributed by atoms with E-state index in [9.17, 15) is 9.59 Å². The highest BCUT2D eigenvalue weighted by molar-refractivity contribution is 5.76. The topological polar surface area (TPSA) is 72.2 Å². The van der Waals surface area contributed by atoms with Gasteiger partial charge in [-0.3, -0.25) is 14.5 Å². The van der Waals surface area contributed by atoms with Crippen molar-refractivity contribution in [1.29, 1.82) is 0 Å². The Morgan fingerprint density at radius 2 is 1.77 bits per heavy atom. The highest BCUT2D eigenvalue weighted by atomic mass is 16.5. The van der Waals surface area contributed by atoms with Crippen LogP contribution in [0, 0.1) is 0 Å². The molecule has 1 amide bonds. The van der Waals surface area contributed by atoms with Gasteiger partial charge in [0.1, 0.15) is 18.1 Å². The number of furan rings is 1. The molecule has 31 heavy (non-hydrogen) atoms. The van der Waals surface area contributed by atoms with Crippen molar-refractivity contribution in [3.8, 4) is 0 Å². The first-order chi connectivity index (χ1) is 15.1. The number of hydrogen-bond donors (Lipinski definition) is 0. The highest BCUT2D eigenvalue weighted by Crippen LogP contribution is 2.14. The summed E-state index contributed by atoms with van der Waals surface area (Å²) in [4.78, 5) is 27.7. The quantitative estimate of drug-likeness (QED) is 0.427. The van der Waals surface area contributed by atoms with Crippen molar-refractivity contribution in [1.82, 2.24) is 9.80 Å². The fourth-order valence-corrected chi connectivity index (χ4v) is 3.60. The summed E-state index contributed by atoms with van der Waals surface area (Å²) in [5.74, 6) is 1.37. The van der Waals surface area contributed by atoms with Crippen LogP contribution in [0.15, 0.2) is 46.9 Å². The first-order valence-electron chi connectivity index (χ1n) is 10.9. The maximum atomic E-state index is 12.6. The van der Waals surface area contributed by atoms with Crippen LogP contribution in [0.5, 0.6) is 0 Å². The number of hydrogen-bond acceptors (Lipinski definition) is 6. The summed E-state index contributed by atoms with van der Waals surface area (Å²) in [6.07, 6.45) is 2.20. The maximum absolute atomic E-state index is 12.6. The van der Waals surface area contributed by atoms with Crippen molar-refractivity contribution >= 4 is 11.9 Å². The van der Waals surface area contributed by atoms with Crippen molar-refractivity contribution in [2.45, 2.75) is 45.9 Å². The molecule has 1 aliphatic rings. The molecule has 7 nitrogen and oxygen atoms in total. The van der Waals surface area contributed by atoms with Crippen LogP contribution >= 0.6 is 0 Å². The molecule has 7 heteroatoms. The average Bonchev–Trinajstić information content (AvgIpc) is 3.08. The number of benzene rings is 1. The lowest BCUT2D eigenvalue weighted by atomic mass is 10.2. The smallest absolute Gasteiger partial charge is 0.303 e. The summed E-state index contributed by atoms with van der Waals surface area (Å²) in [6.45, 7) is 6.66. The van der Waals surface area contributed by atoms with E-state index in [1.807, 2.05) is 47.4 Å². The van der Waals surface area contributed by atoms with E-state index in [2.05, 4.69) is 4.90 Å². The second kappa shape index (κ2) is 12.3. The van der Waals surface area contributed by atoms with Crippen LogP contribution in [0.1, 0.15) is 43.3 Å². The van der Waals surface area contributed by atoms with E-state index in [-0.39, 0.29) is 18.5 Å². The Kier molecular flexibility index (Phi) is 9.12. The van der Waals surface area contributed by atoms with Crippen molar-refractivity contribution in [2.75, 3.05) is 32.8 Å². The summed E-state index contributed by atoms with van der Waals surface area (Å²) in [5, 5.41) is 0. The van der Waals surface area contributed by atoms with Gasteiger partial charge in [-0.2, -0.15) is 0 Å². The summed E-state index contributed by atoms with van der Waals surface area (Å²) in [5.41, 5.74) is 1.15. The Bertz CT molecular complexity index is 820. The molecule has 0 saturated carbocycles. The molecule has 1 fully saturated rings. The van der Waals surface area contributed by atoms with Crippen molar-refractivity contribution in [3.63, 3.8) is 0 Å². The Morgan fingerprint density at radius 1 is 0.968 bits per heavy atom. The molecule has 0 radical (unpaired) electrons. The van der Waals surface area contributed by atoms with Crippen LogP contribution < -0.4 is 0 Å². The number of carbonyl (C=O) groups excluding carboxylic acids is 2. The van der Waals surface area contributed by atoms with E-state index >= 15 is 0 Å². The third-order valence-electron chi connectivity index (χ3n) is 5.25. The third-order valence-corrected chi connectivity index (χ3v) is 5.25. The van der Waals surface area contributed by atoms with E-state index in [1.165, 1.54) is 6.92 Å². The van der Waals surface area contributed by atoms with Crippen LogP contribution in [0.3, 0.4) is 0 Å². The molecule has 2 heterocycles. The van der Waals surface area contributed by atoms with Gasteiger partial charge in [0.2, 0.25) is 5.91 Å². The minimum absolute atomic E-state index is 0.159. The summed E-state index contributed by atoms with van der Waals surface area (Å²) in [6, 6.07) is 13.8. The molecule has 1 aromatic heterocycles. The summed E-state index contributed by atoms with van der Waals surface area (Å²) < 4.78 is 16.4.